The van der Waals surface area contributed by atoms with Crippen LogP contribution in [0.3, 0.4) is 0 Å². The molecule has 0 N–H and O–H groups in total. The number of ether oxygens (including phenoxy) is 2. The van der Waals surface area contributed by atoms with Gasteiger partial charge < -0.3 is 9.47 Å². The van der Waals surface area contributed by atoms with Crippen molar-refractivity contribution in [3.63, 3.8) is 0 Å². The summed E-state index contributed by atoms with van der Waals surface area (Å²) in [5, 5.41) is 0.885. The van der Waals surface area contributed by atoms with Crippen molar-refractivity contribution < 1.29 is 9.47 Å². The molecule has 0 heterocycles. The molecule has 0 atom stereocenters. The fourth-order valence-electron chi connectivity index (χ4n) is 2.47. The molecule has 6 heteroatoms. The van der Waals surface area contributed by atoms with Crippen molar-refractivity contribution in [1.82, 2.24) is 0 Å². The predicted octanol–water partition coefficient (Wildman–Crippen LogP) is 7.48. The number of aliphatic imine (C=N–C) groups is 1. The summed E-state index contributed by atoms with van der Waals surface area (Å²) in [6, 6.07) is 19.0. The second-order valence-corrected chi connectivity index (χ2v) is 7.64. The molecule has 0 bridgehead atoms. The molecule has 28 heavy (non-hydrogen) atoms. The second-order valence-electron chi connectivity index (χ2n) is 5.91. The second kappa shape index (κ2) is 9.97. The number of rotatable bonds is 7. The lowest BCUT2D eigenvalue weighted by Gasteiger charge is -2.11. The first-order valence-corrected chi connectivity index (χ1v) is 10.2. The zero-order valence-electron chi connectivity index (χ0n) is 15.2. The largest absolute Gasteiger partial charge is 0.494 e. The van der Waals surface area contributed by atoms with E-state index in [1.807, 2.05) is 55.5 Å². The van der Waals surface area contributed by atoms with Crippen LogP contribution in [-0.2, 0) is 6.61 Å². The van der Waals surface area contributed by atoms with Crippen molar-refractivity contribution in [2.24, 2.45) is 4.99 Å². The van der Waals surface area contributed by atoms with Gasteiger partial charge in [0.1, 0.15) is 12.4 Å². The standard InChI is InChI=1S/C22H18BrCl2NO2/c1-2-27-19-9-7-18(8-10-19)26-13-16-11-20(24)22(21(25)12-16)28-14-15-3-5-17(23)6-4-15/h3-13H,2,14H2,1H3. The van der Waals surface area contributed by atoms with Gasteiger partial charge in [-0.1, -0.05) is 51.3 Å². The van der Waals surface area contributed by atoms with Crippen molar-refractivity contribution in [3.8, 4) is 11.5 Å². The highest BCUT2D eigenvalue weighted by Crippen LogP contribution is 2.34. The van der Waals surface area contributed by atoms with E-state index in [9.17, 15) is 0 Å². The highest BCUT2D eigenvalue weighted by Gasteiger charge is 2.10. The van der Waals surface area contributed by atoms with Crippen LogP contribution in [0.2, 0.25) is 10.0 Å². The number of hydrogen-bond acceptors (Lipinski definition) is 3. The highest BCUT2D eigenvalue weighted by molar-refractivity contribution is 9.10. The van der Waals surface area contributed by atoms with Crippen molar-refractivity contribution in [1.29, 1.82) is 0 Å². The summed E-state index contributed by atoms with van der Waals surface area (Å²) in [6.07, 6.45) is 1.71. The lowest BCUT2D eigenvalue weighted by molar-refractivity contribution is 0.306. The maximum Gasteiger partial charge on any atom is 0.157 e. The third-order valence-corrected chi connectivity index (χ3v) is 4.92. The molecule has 3 nitrogen and oxygen atoms in total. The molecule has 3 aromatic rings. The summed E-state index contributed by atoms with van der Waals surface area (Å²) < 4.78 is 12.3. The zero-order valence-corrected chi connectivity index (χ0v) is 18.3. The maximum atomic E-state index is 6.37. The molecule has 0 aliphatic rings. The fraction of sp³-hybridized carbons (Fsp3) is 0.136. The molecular formula is C22H18BrCl2NO2. The first-order chi connectivity index (χ1) is 13.5. The Bertz CT molecular complexity index is 934. The van der Waals surface area contributed by atoms with Crippen molar-refractivity contribution in [2.45, 2.75) is 13.5 Å². The SMILES string of the molecule is CCOc1ccc(N=Cc2cc(Cl)c(OCc3ccc(Br)cc3)c(Cl)c2)cc1. The Kier molecular flexibility index (Phi) is 7.37. The molecule has 0 radical (unpaired) electrons. The van der Waals surface area contributed by atoms with Crippen molar-refractivity contribution >= 4 is 51.0 Å². The summed E-state index contributed by atoms with van der Waals surface area (Å²) in [5.74, 6) is 1.28. The summed E-state index contributed by atoms with van der Waals surface area (Å²) in [4.78, 5) is 4.45. The van der Waals surface area contributed by atoms with Gasteiger partial charge in [0.05, 0.1) is 22.3 Å². The minimum Gasteiger partial charge on any atom is -0.494 e. The van der Waals surface area contributed by atoms with Gasteiger partial charge in [0.15, 0.2) is 5.75 Å². The Balaban J connectivity index is 1.69. The van der Waals surface area contributed by atoms with E-state index < -0.39 is 0 Å². The van der Waals surface area contributed by atoms with Crippen LogP contribution in [0.25, 0.3) is 0 Å². The lowest BCUT2D eigenvalue weighted by atomic mass is 10.2. The van der Waals surface area contributed by atoms with Gasteiger partial charge in [-0.05, 0) is 66.6 Å². The molecule has 144 valence electrons. The summed E-state index contributed by atoms with van der Waals surface area (Å²) >= 11 is 16.1. The lowest BCUT2D eigenvalue weighted by Crippen LogP contribution is -1.97. The summed E-state index contributed by atoms with van der Waals surface area (Å²) in [7, 11) is 0. The molecule has 3 rings (SSSR count). The average molecular weight is 479 g/mol. The molecule has 0 fully saturated rings. The molecule has 0 unspecified atom stereocenters. The highest BCUT2D eigenvalue weighted by atomic mass is 79.9. The first kappa shape index (κ1) is 20.7. The molecule has 0 spiro atoms. The van der Waals surface area contributed by atoms with Crippen LogP contribution in [0.15, 0.2) is 70.1 Å². The molecule has 0 amide bonds. The van der Waals surface area contributed by atoms with Crippen LogP contribution >= 0.6 is 39.1 Å². The summed E-state index contributed by atoms with van der Waals surface area (Å²) in [6.45, 7) is 2.97. The summed E-state index contributed by atoms with van der Waals surface area (Å²) in [5.41, 5.74) is 2.63. The van der Waals surface area contributed by atoms with E-state index in [2.05, 4.69) is 20.9 Å². The molecular weight excluding hydrogens is 461 g/mol. The van der Waals surface area contributed by atoms with E-state index in [0.29, 0.717) is 29.0 Å². The topological polar surface area (TPSA) is 30.8 Å². The number of benzene rings is 3. The van der Waals surface area contributed by atoms with Gasteiger partial charge in [-0.25, -0.2) is 0 Å². The molecule has 0 aromatic heterocycles. The first-order valence-electron chi connectivity index (χ1n) is 8.68. The minimum atomic E-state index is 0.381. The van der Waals surface area contributed by atoms with Gasteiger partial charge in [0, 0.05) is 10.7 Å². The Morgan fingerprint density at radius 3 is 2.18 bits per heavy atom. The van der Waals surface area contributed by atoms with Gasteiger partial charge in [-0.2, -0.15) is 0 Å². The van der Waals surface area contributed by atoms with E-state index in [0.717, 1.165) is 27.0 Å². The van der Waals surface area contributed by atoms with E-state index >= 15 is 0 Å². The van der Waals surface area contributed by atoms with E-state index in [1.54, 1.807) is 18.3 Å². The van der Waals surface area contributed by atoms with Gasteiger partial charge in [0.25, 0.3) is 0 Å². The fourth-order valence-corrected chi connectivity index (χ4v) is 3.35. The van der Waals surface area contributed by atoms with Crippen molar-refractivity contribution in [2.75, 3.05) is 6.61 Å². The van der Waals surface area contributed by atoms with Crippen LogP contribution in [0.4, 0.5) is 5.69 Å². The Hall–Kier alpha value is -2.01. The van der Waals surface area contributed by atoms with E-state index in [1.165, 1.54) is 0 Å². The number of hydrogen-bond donors (Lipinski definition) is 0. The third kappa shape index (κ3) is 5.74. The smallest absolute Gasteiger partial charge is 0.157 e. The molecule has 0 saturated carbocycles. The number of halogens is 3. The van der Waals surface area contributed by atoms with Gasteiger partial charge in [0.2, 0.25) is 0 Å². The quantitative estimate of drug-likeness (QED) is 0.329. The zero-order chi connectivity index (χ0) is 19.9. The van der Waals surface area contributed by atoms with Crippen molar-refractivity contribution in [3.05, 3.63) is 86.3 Å². The number of nitrogens with zero attached hydrogens (tertiary/aromatic N) is 1. The Morgan fingerprint density at radius 1 is 0.929 bits per heavy atom. The Labute approximate surface area is 183 Å². The van der Waals surface area contributed by atoms with Gasteiger partial charge in [-0.15, -0.1) is 0 Å². The normalized spacial score (nSPS) is 11.0. The molecule has 0 aliphatic carbocycles. The molecule has 0 aliphatic heterocycles. The molecule has 3 aromatic carbocycles. The average Bonchev–Trinajstić information content (AvgIpc) is 2.68. The predicted molar refractivity (Wildman–Crippen MR) is 120 cm³/mol. The van der Waals surface area contributed by atoms with E-state index in [4.69, 9.17) is 32.7 Å². The van der Waals surface area contributed by atoms with Crippen LogP contribution < -0.4 is 9.47 Å². The van der Waals surface area contributed by atoms with Crippen LogP contribution in [-0.4, -0.2) is 12.8 Å². The third-order valence-electron chi connectivity index (χ3n) is 3.83. The molecule has 0 saturated heterocycles. The maximum absolute atomic E-state index is 6.37. The van der Waals surface area contributed by atoms with Crippen LogP contribution in [0.5, 0.6) is 11.5 Å². The van der Waals surface area contributed by atoms with Crippen LogP contribution in [0, 0.1) is 0 Å². The minimum absolute atomic E-state index is 0.381. The monoisotopic (exact) mass is 477 g/mol. The van der Waals surface area contributed by atoms with Gasteiger partial charge >= 0.3 is 0 Å². The van der Waals surface area contributed by atoms with E-state index in [-0.39, 0.29) is 0 Å². The Morgan fingerprint density at radius 2 is 1.57 bits per heavy atom. The van der Waals surface area contributed by atoms with Crippen LogP contribution in [0.1, 0.15) is 18.1 Å². The van der Waals surface area contributed by atoms with Gasteiger partial charge in [-0.3, -0.25) is 4.99 Å².